The number of nitrogens with two attached hydrogens (primary N) is 1. The van der Waals surface area contributed by atoms with E-state index >= 15 is 0 Å². The molecular formula is C18H18BrClN2O2. The largest absolute Gasteiger partial charge is 0.508 e. The molecule has 0 radical (unpaired) electrons. The lowest BCUT2D eigenvalue weighted by Crippen LogP contribution is -2.47. The van der Waals surface area contributed by atoms with E-state index in [0.717, 1.165) is 34.1 Å². The van der Waals surface area contributed by atoms with Crippen molar-refractivity contribution < 1.29 is 9.90 Å². The van der Waals surface area contributed by atoms with Gasteiger partial charge in [-0.2, -0.15) is 0 Å². The first-order valence-electron chi connectivity index (χ1n) is 7.79. The van der Waals surface area contributed by atoms with Crippen molar-refractivity contribution in [2.24, 2.45) is 5.73 Å². The number of hydrogen-bond acceptors (Lipinski definition) is 3. The first kappa shape index (κ1) is 17.3. The van der Waals surface area contributed by atoms with Gasteiger partial charge in [-0.25, -0.2) is 0 Å². The van der Waals surface area contributed by atoms with Crippen LogP contribution in [-0.4, -0.2) is 23.6 Å². The van der Waals surface area contributed by atoms with Gasteiger partial charge in [-0.05, 0) is 48.6 Å². The van der Waals surface area contributed by atoms with Gasteiger partial charge in [0.25, 0.3) is 0 Å². The molecule has 0 spiro atoms. The van der Waals surface area contributed by atoms with Gasteiger partial charge in [0.1, 0.15) is 5.75 Å². The quantitative estimate of drug-likeness (QED) is 0.813. The van der Waals surface area contributed by atoms with E-state index in [1.165, 1.54) is 0 Å². The van der Waals surface area contributed by atoms with Crippen LogP contribution in [0.2, 0.25) is 5.02 Å². The van der Waals surface area contributed by atoms with Gasteiger partial charge in [-0.1, -0.05) is 45.7 Å². The Labute approximate surface area is 154 Å². The smallest absolute Gasteiger partial charge is 0.244 e. The second-order valence-electron chi connectivity index (χ2n) is 5.93. The van der Waals surface area contributed by atoms with Crippen molar-refractivity contribution in [1.82, 2.24) is 0 Å². The van der Waals surface area contributed by atoms with Crippen LogP contribution >= 0.6 is 27.5 Å². The van der Waals surface area contributed by atoms with Crippen molar-refractivity contribution in [2.45, 2.75) is 25.3 Å². The molecule has 1 aliphatic rings. The average Bonchev–Trinajstić information content (AvgIpc) is 2.56. The number of hydrogen-bond donors (Lipinski definition) is 2. The van der Waals surface area contributed by atoms with Crippen LogP contribution in [0, 0.1) is 0 Å². The van der Waals surface area contributed by atoms with Crippen molar-refractivity contribution >= 4 is 39.1 Å². The van der Waals surface area contributed by atoms with Crippen LogP contribution in [0.1, 0.15) is 17.5 Å². The minimum atomic E-state index is -0.673. The van der Waals surface area contributed by atoms with Gasteiger partial charge < -0.3 is 15.7 Å². The predicted octanol–water partition coefficient (Wildman–Crippen LogP) is 3.66. The summed E-state index contributed by atoms with van der Waals surface area (Å²) in [4.78, 5) is 14.6. The van der Waals surface area contributed by atoms with Crippen LogP contribution in [0.4, 0.5) is 5.69 Å². The number of para-hydroxylation sites is 1. The summed E-state index contributed by atoms with van der Waals surface area (Å²) < 4.78 is 0.739. The molecule has 3 rings (SSSR count). The zero-order valence-corrected chi connectivity index (χ0v) is 15.3. The molecule has 3 N–H and O–H groups in total. The maximum Gasteiger partial charge on any atom is 0.244 e. The molecule has 0 aliphatic carbocycles. The molecular weight excluding hydrogens is 392 g/mol. The summed E-state index contributed by atoms with van der Waals surface area (Å²) in [6, 6.07) is 9.99. The van der Waals surface area contributed by atoms with Gasteiger partial charge in [-0.3, -0.25) is 4.79 Å². The van der Waals surface area contributed by atoms with Gasteiger partial charge in [-0.15, -0.1) is 0 Å². The lowest BCUT2D eigenvalue weighted by atomic mass is 9.99. The van der Waals surface area contributed by atoms with Crippen LogP contribution in [-0.2, 0) is 17.6 Å². The van der Waals surface area contributed by atoms with Crippen LogP contribution in [0.15, 0.2) is 40.9 Å². The number of amides is 1. The van der Waals surface area contributed by atoms with E-state index in [1.54, 1.807) is 29.2 Å². The summed E-state index contributed by atoms with van der Waals surface area (Å²) in [5.41, 5.74) is 8.93. The molecule has 24 heavy (non-hydrogen) atoms. The second-order valence-corrected chi connectivity index (χ2v) is 7.19. The number of fused-ring (bicyclic) bond motifs is 1. The van der Waals surface area contributed by atoms with Crippen LogP contribution < -0.4 is 10.6 Å². The van der Waals surface area contributed by atoms with E-state index in [1.807, 2.05) is 12.1 Å². The summed E-state index contributed by atoms with van der Waals surface area (Å²) in [6.45, 7) is 0.625. The van der Waals surface area contributed by atoms with Gasteiger partial charge in [0.15, 0.2) is 0 Å². The highest BCUT2D eigenvalue weighted by atomic mass is 79.9. The number of anilines is 1. The van der Waals surface area contributed by atoms with Gasteiger partial charge in [0.05, 0.1) is 16.8 Å². The second kappa shape index (κ2) is 7.13. The first-order chi connectivity index (χ1) is 11.5. The van der Waals surface area contributed by atoms with E-state index in [9.17, 15) is 9.90 Å². The normalized spacial score (nSPS) is 15.0. The molecule has 4 nitrogen and oxygen atoms in total. The van der Waals surface area contributed by atoms with Gasteiger partial charge >= 0.3 is 0 Å². The zero-order chi connectivity index (χ0) is 17.3. The third kappa shape index (κ3) is 3.43. The minimum absolute atomic E-state index is 0.135. The topological polar surface area (TPSA) is 66.6 Å². The number of benzene rings is 2. The monoisotopic (exact) mass is 408 g/mol. The minimum Gasteiger partial charge on any atom is -0.508 e. The number of carbonyl (C=O) groups excluding carboxylic acids is 1. The molecule has 1 aliphatic heterocycles. The Hall–Kier alpha value is -1.56. The number of phenolic OH excluding ortho intramolecular Hbond substituents is 1. The van der Waals surface area contributed by atoms with Crippen molar-refractivity contribution in [3.63, 3.8) is 0 Å². The average molecular weight is 410 g/mol. The fourth-order valence-corrected chi connectivity index (χ4v) is 3.87. The van der Waals surface area contributed by atoms with Crippen molar-refractivity contribution in [2.75, 3.05) is 11.4 Å². The van der Waals surface area contributed by atoms with E-state index in [-0.39, 0.29) is 11.7 Å². The molecule has 1 heterocycles. The molecule has 0 aromatic heterocycles. The molecule has 1 amide bonds. The van der Waals surface area contributed by atoms with Crippen molar-refractivity contribution in [3.05, 3.63) is 57.0 Å². The Morgan fingerprint density at radius 2 is 2.17 bits per heavy atom. The number of aryl methyl sites for hydroxylation is 1. The maximum atomic E-state index is 12.9. The Balaban J connectivity index is 1.82. The van der Waals surface area contributed by atoms with Crippen LogP contribution in [0.3, 0.4) is 0 Å². The molecule has 2 aromatic carbocycles. The molecule has 0 saturated heterocycles. The Morgan fingerprint density at radius 3 is 2.92 bits per heavy atom. The number of carbonyl (C=O) groups is 1. The summed E-state index contributed by atoms with van der Waals surface area (Å²) in [7, 11) is 0. The maximum absolute atomic E-state index is 12.9. The van der Waals surface area contributed by atoms with Gasteiger partial charge in [0, 0.05) is 11.0 Å². The predicted molar refractivity (Wildman–Crippen MR) is 99.6 cm³/mol. The molecule has 0 bridgehead atoms. The standard InChI is InChI=1S/C18H18BrClN2O2/c19-14-10-13(23)7-6-12(14)9-16(21)18(24)22-8-2-4-11-3-1-5-15(20)17(11)22/h1,3,5-7,10,16,23H,2,4,8-9,21H2/t16-/m1/s1. The molecule has 1 atom stereocenters. The van der Waals surface area contributed by atoms with E-state index in [4.69, 9.17) is 17.3 Å². The fraction of sp³-hybridized carbons (Fsp3) is 0.278. The summed E-state index contributed by atoms with van der Waals surface area (Å²) in [5.74, 6) is 0.0336. The molecule has 126 valence electrons. The molecule has 2 aromatic rings. The van der Waals surface area contributed by atoms with Crippen LogP contribution in [0.5, 0.6) is 5.75 Å². The number of aromatic hydroxyl groups is 1. The summed E-state index contributed by atoms with van der Waals surface area (Å²) in [5, 5.41) is 10.1. The molecule has 0 saturated carbocycles. The van der Waals surface area contributed by atoms with Crippen molar-refractivity contribution in [3.8, 4) is 5.75 Å². The lowest BCUT2D eigenvalue weighted by Gasteiger charge is -2.32. The highest BCUT2D eigenvalue weighted by Crippen LogP contribution is 2.34. The van der Waals surface area contributed by atoms with Crippen molar-refractivity contribution in [1.29, 1.82) is 0 Å². The van der Waals surface area contributed by atoms with E-state index < -0.39 is 6.04 Å². The van der Waals surface area contributed by atoms with E-state index in [2.05, 4.69) is 15.9 Å². The van der Waals surface area contributed by atoms with E-state index in [0.29, 0.717) is 18.0 Å². The summed E-state index contributed by atoms with van der Waals surface area (Å²) in [6.07, 6.45) is 2.20. The molecule has 6 heteroatoms. The molecule has 0 fully saturated rings. The Morgan fingerprint density at radius 1 is 1.38 bits per heavy atom. The third-order valence-electron chi connectivity index (χ3n) is 4.23. The highest BCUT2D eigenvalue weighted by molar-refractivity contribution is 9.10. The fourth-order valence-electron chi connectivity index (χ4n) is 3.05. The van der Waals surface area contributed by atoms with Gasteiger partial charge in [0.2, 0.25) is 5.91 Å². The highest BCUT2D eigenvalue weighted by Gasteiger charge is 2.28. The van der Waals surface area contributed by atoms with Crippen LogP contribution in [0.25, 0.3) is 0 Å². The number of nitrogens with zero attached hydrogens (tertiary/aromatic N) is 1. The number of halogens is 2. The zero-order valence-electron chi connectivity index (χ0n) is 13.0. The summed E-state index contributed by atoms with van der Waals surface area (Å²) >= 11 is 9.72. The number of rotatable bonds is 3. The molecule has 0 unspecified atom stereocenters. The third-order valence-corrected chi connectivity index (χ3v) is 5.27. The SMILES string of the molecule is N[C@H](Cc1ccc(O)cc1Br)C(=O)N1CCCc2cccc(Cl)c21. The Bertz CT molecular complexity index is 782. The Kier molecular flexibility index (Phi) is 5.13. The number of phenols is 1. The first-order valence-corrected chi connectivity index (χ1v) is 8.96. The lowest BCUT2D eigenvalue weighted by molar-refractivity contribution is -0.119.